The molecule has 0 radical (unpaired) electrons. The fourth-order valence-electron chi connectivity index (χ4n) is 5.52. The van der Waals surface area contributed by atoms with Gasteiger partial charge in [-0.1, -0.05) is 74.5 Å². The van der Waals surface area contributed by atoms with Crippen LogP contribution in [0.1, 0.15) is 59.7 Å². The number of hydrogen-bond acceptors (Lipinski definition) is 9. The molecular formula is C35H42N4O6S2. The van der Waals surface area contributed by atoms with Crippen LogP contribution in [0.3, 0.4) is 0 Å². The van der Waals surface area contributed by atoms with Gasteiger partial charge in [-0.05, 0) is 60.4 Å². The highest BCUT2D eigenvalue weighted by molar-refractivity contribution is 7.89. The number of imide groups is 1. The van der Waals surface area contributed by atoms with Gasteiger partial charge in [0.1, 0.15) is 0 Å². The summed E-state index contributed by atoms with van der Waals surface area (Å²) >= 11 is 1.20. The minimum absolute atomic E-state index is 0.0536. The van der Waals surface area contributed by atoms with Crippen molar-refractivity contribution < 1.29 is 27.9 Å². The lowest BCUT2D eigenvalue weighted by atomic mass is 9.84. The van der Waals surface area contributed by atoms with E-state index in [1.165, 1.54) is 47.0 Å². The number of anilines is 1. The second-order valence-electron chi connectivity index (χ2n) is 11.7. The number of sulfonamides is 1. The van der Waals surface area contributed by atoms with Crippen molar-refractivity contribution in [2.75, 3.05) is 26.0 Å². The lowest BCUT2D eigenvalue weighted by Gasteiger charge is -2.32. The molecule has 5 N–H and O–H groups in total. The molecule has 47 heavy (non-hydrogen) atoms. The molecule has 4 rings (SSSR count). The molecule has 1 aromatic heterocycles. The number of hydrogen-bond donors (Lipinski definition) is 3. The molecule has 0 bridgehead atoms. The Morgan fingerprint density at radius 2 is 1.38 bits per heavy atom. The Bertz CT molecular complexity index is 1690. The number of nitrogen functional groups attached to an aromatic ring is 1. The first-order valence-electron chi connectivity index (χ1n) is 15.2. The standard InChI is InChI=1S/C35H42N4O6S2/c1-23(2)21-38(47(43,44)28-17-15-27(36)16-18-28)29(22-40)31-20-19-30(46-31)24(3)39(35(42)45-4)34(41)33(37)32(25-11-7-5-8-12-25)26-13-9-6-10-14-26/h5-20,23-24,29,32-33,40H,21-22,36-37H2,1-4H3/t24-,29+,33-/m0/s1. The summed E-state index contributed by atoms with van der Waals surface area (Å²) < 4.78 is 34.0. The van der Waals surface area contributed by atoms with Gasteiger partial charge in [0.2, 0.25) is 15.9 Å². The van der Waals surface area contributed by atoms with Gasteiger partial charge in [0, 0.05) is 27.9 Å². The van der Waals surface area contributed by atoms with Crippen molar-refractivity contribution in [2.24, 2.45) is 11.7 Å². The molecule has 0 unspecified atom stereocenters. The summed E-state index contributed by atoms with van der Waals surface area (Å²) in [6.45, 7) is 5.12. The van der Waals surface area contributed by atoms with Gasteiger partial charge in [-0.15, -0.1) is 11.3 Å². The number of aliphatic hydroxyl groups excluding tert-OH is 1. The summed E-state index contributed by atoms with van der Waals surface area (Å²) in [6.07, 6.45) is -0.876. The fourth-order valence-corrected chi connectivity index (χ4v) is 8.50. The summed E-state index contributed by atoms with van der Waals surface area (Å²) in [4.78, 5) is 29.5. The Morgan fingerprint density at radius 1 is 0.851 bits per heavy atom. The van der Waals surface area contributed by atoms with Crippen LogP contribution in [-0.4, -0.2) is 61.0 Å². The third-order valence-corrected chi connectivity index (χ3v) is 11.1. The number of nitrogens with zero attached hydrogens (tertiary/aromatic N) is 2. The average Bonchev–Trinajstić information content (AvgIpc) is 3.56. The van der Waals surface area contributed by atoms with Crippen molar-refractivity contribution in [3.8, 4) is 0 Å². The monoisotopic (exact) mass is 678 g/mol. The maximum atomic E-state index is 14.2. The first-order chi connectivity index (χ1) is 22.4. The number of thiophene rings is 1. The Balaban J connectivity index is 1.69. The first kappa shape index (κ1) is 35.8. The Morgan fingerprint density at radius 3 is 1.87 bits per heavy atom. The Kier molecular flexibility index (Phi) is 11.9. The number of aliphatic hydroxyl groups is 1. The van der Waals surface area contributed by atoms with Crippen LogP contribution in [0.5, 0.6) is 0 Å². The number of methoxy groups -OCH3 is 1. The highest BCUT2D eigenvalue weighted by Gasteiger charge is 2.39. The van der Waals surface area contributed by atoms with E-state index in [0.29, 0.717) is 15.4 Å². The van der Waals surface area contributed by atoms with Gasteiger partial charge in [-0.2, -0.15) is 4.31 Å². The third-order valence-electron chi connectivity index (χ3n) is 7.90. The van der Waals surface area contributed by atoms with Crippen LogP contribution in [-0.2, 0) is 19.6 Å². The molecule has 1 heterocycles. The lowest BCUT2D eigenvalue weighted by Crippen LogP contribution is -2.50. The van der Waals surface area contributed by atoms with Gasteiger partial charge in [-0.3, -0.25) is 4.79 Å². The molecule has 3 aromatic carbocycles. The minimum Gasteiger partial charge on any atom is -0.452 e. The molecule has 3 atom stereocenters. The van der Waals surface area contributed by atoms with Gasteiger partial charge >= 0.3 is 6.09 Å². The van der Waals surface area contributed by atoms with E-state index in [2.05, 4.69) is 0 Å². The maximum absolute atomic E-state index is 14.2. The van der Waals surface area contributed by atoms with Gasteiger partial charge in [0.05, 0.1) is 36.7 Å². The summed E-state index contributed by atoms with van der Waals surface area (Å²) in [5.41, 5.74) is 14.5. The van der Waals surface area contributed by atoms with E-state index in [0.717, 1.165) is 16.0 Å². The van der Waals surface area contributed by atoms with E-state index in [1.54, 1.807) is 19.1 Å². The molecule has 0 fully saturated rings. The van der Waals surface area contributed by atoms with Gasteiger partial charge < -0.3 is 21.3 Å². The molecule has 4 aromatic rings. The number of carbonyl (C=O) groups is 2. The predicted octanol–water partition coefficient (Wildman–Crippen LogP) is 5.53. The summed E-state index contributed by atoms with van der Waals surface area (Å²) in [5, 5.41) is 10.6. The van der Waals surface area contributed by atoms with Gasteiger partial charge in [-0.25, -0.2) is 18.1 Å². The topological polar surface area (TPSA) is 156 Å². The molecule has 0 aliphatic carbocycles. The SMILES string of the molecule is COC(=O)N(C(=O)[C@@H](N)C(c1ccccc1)c1ccccc1)[C@@H](C)c1ccc([C@@H](CO)N(CC(C)C)S(=O)(=O)c2ccc(N)cc2)s1. The zero-order valence-electron chi connectivity index (χ0n) is 26.9. The third kappa shape index (κ3) is 8.09. The number of benzene rings is 3. The molecule has 0 aliphatic heterocycles. The molecule has 0 saturated carbocycles. The van der Waals surface area contributed by atoms with Crippen LogP contribution >= 0.6 is 11.3 Å². The van der Waals surface area contributed by atoms with Crippen LogP contribution in [0.15, 0.2) is 102 Å². The molecule has 0 spiro atoms. The van der Waals surface area contributed by atoms with Crippen molar-refractivity contribution in [3.05, 3.63) is 118 Å². The zero-order valence-corrected chi connectivity index (χ0v) is 28.5. The normalized spacial score (nSPS) is 13.8. The fraction of sp³-hybridized carbons (Fsp3) is 0.314. The highest BCUT2D eigenvalue weighted by Crippen LogP contribution is 2.37. The molecule has 0 saturated heterocycles. The number of nitrogens with two attached hydrogens (primary N) is 2. The lowest BCUT2D eigenvalue weighted by molar-refractivity contribution is -0.132. The number of ether oxygens (including phenoxy) is 1. The largest absolute Gasteiger partial charge is 0.452 e. The van der Waals surface area contributed by atoms with E-state index in [1.807, 2.05) is 74.5 Å². The molecule has 250 valence electrons. The quantitative estimate of drug-likeness (QED) is 0.156. The molecule has 12 heteroatoms. The molecule has 10 nitrogen and oxygen atoms in total. The predicted molar refractivity (Wildman–Crippen MR) is 184 cm³/mol. The highest BCUT2D eigenvalue weighted by atomic mass is 32.2. The second kappa shape index (κ2) is 15.7. The Hall–Kier alpha value is -4.07. The average molecular weight is 679 g/mol. The maximum Gasteiger partial charge on any atom is 0.416 e. The van der Waals surface area contributed by atoms with E-state index in [9.17, 15) is 23.1 Å². The zero-order chi connectivity index (χ0) is 34.3. The van der Waals surface area contributed by atoms with Crippen molar-refractivity contribution in [3.63, 3.8) is 0 Å². The first-order valence-corrected chi connectivity index (χ1v) is 17.5. The van der Waals surface area contributed by atoms with Gasteiger partial charge in [0.25, 0.3) is 0 Å². The van der Waals surface area contributed by atoms with E-state index in [-0.39, 0.29) is 17.4 Å². The van der Waals surface area contributed by atoms with Crippen molar-refractivity contribution in [2.45, 2.75) is 49.7 Å². The van der Waals surface area contributed by atoms with Crippen molar-refractivity contribution in [1.82, 2.24) is 9.21 Å². The van der Waals surface area contributed by atoms with Crippen LogP contribution in [0, 0.1) is 5.92 Å². The molecule has 0 aliphatic rings. The number of amides is 2. The summed E-state index contributed by atoms with van der Waals surface area (Å²) in [6, 6.07) is 25.2. The van der Waals surface area contributed by atoms with Crippen LogP contribution in [0.4, 0.5) is 10.5 Å². The van der Waals surface area contributed by atoms with Crippen molar-refractivity contribution >= 4 is 39.0 Å². The summed E-state index contributed by atoms with van der Waals surface area (Å²) in [7, 11) is -2.84. The van der Waals surface area contributed by atoms with Crippen LogP contribution < -0.4 is 11.5 Å². The van der Waals surface area contributed by atoms with Gasteiger partial charge in [0.15, 0.2) is 0 Å². The Labute approximate surface area is 280 Å². The van der Waals surface area contributed by atoms with E-state index in [4.69, 9.17) is 16.2 Å². The van der Waals surface area contributed by atoms with Crippen LogP contribution in [0.2, 0.25) is 0 Å². The van der Waals surface area contributed by atoms with E-state index < -0.39 is 52.7 Å². The van der Waals surface area contributed by atoms with E-state index >= 15 is 0 Å². The molecular weight excluding hydrogens is 637 g/mol. The number of rotatable bonds is 13. The smallest absolute Gasteiger partial charge is 0.416 e. The van der Waals surface area contributed by atoms with Crippen molar-refractivity contribution in [1.29, 1.82) is 0 Å². The summed E-state index contributed by atoms with van der Waals surface area (Å²) in [5.74, 6) is -1.24. The minimum atomic E-state index is -4.03. The number of carbonyl (C=O) groups excluding carboxylic acids is 2. The molecule has 2 amide bonds. The van der Waals surface area contributed by atoms with Crippen LogP contribution in [0.25, 0.3) is 0 Å². The second-order valence-corrected chi connectivity index (χ2v) is 14.7.